The lowest BCUT2D eigenvalue weighted by molar-refractivity contribution is -0.384. The molecule has 7 heteroatoms. The highest BCUT2D eigenvalue weighted by Gasteiger charge is 2.18. The van der Waals surface area contributed by atoms with Crippen LogP contribution in [0.15, 0.2) is 30.6 Å². The fourth-order valence-electron chi connectivity index (χ4n) is 2.03. The van der Waals surface area contributed by atoms with Crippen molar-refractivity contribution in [3.8, 4) is 0 Å². The summed E-state index contributed by atoms with van der Waals surface area (Å²) in [6.45, 7) is 0.550. The summed E-state index contributed by atoms with van der Waals surface area (Å²) < 4.78 is 1.70. The van der Waals surface area contributed by atoms with Gasteiger partial charge in [0.2, 0.25) is 0 Å². The minimum absolute atomic E-state index is 0.0644. The van der Waals surface area contributed by atoms with Gasteiger partial charge in [0.15, 0.2) is 0 Å². The fraction of sp³-hybridized carbons (Fsp3) is 0.308. The smallest absolute Gasteiger partial charge is 0.292 e. The number of nitro groups is 1. The van der Waals surface area contributed by atoms with Crippen molar-refractivity contribution in [1.82, 2.24) is 9.78 Å². The van der Waals surface area contributed by atoms with Crippen molar-refractivity contribution in [3.63, 3.8) is 0 Å². The number of hydrogen-bond donors (Lipinski definition) is 0. The van der Waals surface area contributed by atoms with Gasteiger partial charge in [-0.2, -0.15) is 5.10 Å². The van der Waals surface area contributed by atoms with Crippen LogP contribution in [0.1, 0.15) is 11.1 Å². The zero-order valence-electron chi connectivity index (χ0n) is 11.3. The Hall–Kier alpha value is -2.08. The molecule has 0 saturated heterocycles. The molecule has 0 atom stereocenters. The first-order chi connectivity index (χ1) is 9.51. The Morgan fingerprint density at radius 3 is 2.75 bits per heavy atom. The first-order valence-electron chi connectivity index (χ1n) is 6.03. The van der Waals surface area contributed by atoms with Gasteiger partial charge in [0.1, 0.15) is 5.69 Å². The first-order valence-corrected chi connectivity index (χ1v) is 6.56. The minimum Gasteiger partial charge on any atom is -0.365 e. The molecule has 0 aliphatic heterocycles. The van der Waals surface area contributed by atoms with Crippen molar-refractivity contribution in [2.45, 2.75) is 12.4 Å². The second kappa shape index (κ2) is 5.92. The average molecular weight is 295 g/mol. The van der Waals surface area contributed by atoms with E-state index in [1.54, 1.807) is 23.0 Å². The summed E-state index contributed by atoms with van der Waals surface area (Å²) in [6.07, 6.45) is 3.63. The van der Waals surface area contributed by atoms with Gasteiger partial charge in [-0.15, -0.1) is 11.6 Å². The van der Waals surface area contributed by atoms with E-state index in [1.165, 1.54) is 6.07 Å². The van der Waals surface area contributed by atoms with Gasteiger partial charge >= 0.3 is 0 Å². The van der Waals surface area contributed by atoms with Crippen LogP contribution in [0.25, 0.3) is 0 Å². The SMILES string of the molecule is CN(Cc1cnn(C)c1)c1ccc(CCl)cc1[N+](=O)[O-]. The van der Waals surface area contributed by atoms with Crippen molar-refractivity contribution in [2.75, 3.05) is 11.9 Å². The summed E-state index contributed by atoms with van der Waals surface area (Å²) >= 11 is 5.72. The van der Waals surface area contributed by atoms with Crippen LogP contribution < -0.4 is 4.90 Å². The molecule has 0 radical (unpaired) electrons. The lowest BCUT2D eigenvalue weighted by atomic mass is 10.1. The van der Waals surface area contributed by atoms with Gasteiger partial charge in [-0.3, -0.25) is 14.8 Å². The van der Waals surface area contributed by atoms with Gasteiger partial charge < -0.3 is 4.90 Å². The van der Waals surface area contributed by atoms with E-state index < -0.39 is 0 Å². The van der Waals surface area contributed by atoms with Crippen molar-refractivity contribution >= 4 is 23.0 Å². The second-order valence-electron chi connectivity index (χ2n) is 4.59. The highest BCUT2D eigenvalue weighted by atomic mass is 35.5. The van der Waals surface area contributed by atoms with E-state index in [0.29, 0.717) is 12.2 Å². The highest BCUT2D eigenvalue weighted by Crippen LogP contribution is 2.29. The maximum Gasteiger partial charge on any atom is 0.292 e. The average Bonchev–Trinajstić information content (AvgIpc) is 2.83. The molecule has 1 aromatic heterocycles. The molecule has 0 amide bonds. The number of benzene rings is 1. The molecule has 2 rings (SSSR count). The third-order valence-electron chi connectivity index (χ3n) is 2.98. The topological polar surface area (TPSA) is 64.2 Å². The number of nitrogens with zero attached hydrogens (tertiary/aromatic N) is 4. The summed E-state index contributed by atoms with van der Waals surface area (Å²) in [4.78, 5) is 12.6. The Morgan fingerprint density at radius 2 is 2.20 bits per heavy atom. The normalized spacial score (nSPS) is 10.6. The Labute approximate surface area is 121 Å². The highest BCUT2D eigenvalue weighted by molar-refractivity contribution is 6.17. The molecule has 106 valence electrons. The Bertz CT molecular complexity index is 627. The number of nitro benzene ring substituents is 1. The number of anilines is 1. The van der Waals surface area contributed by atoms with Crippen LogP contribution in [0.2, 0.25) is 0 Å². The van der Waals surface area contributed by atoms with E-state index in [4.69, 9.17) is 11.6 Å². The fourth-order valence-corrected chi connectivity index (χ4v) is 2.20. The summed E-state index contributed by atoms with van der Waals surface area (Å²) in [5, 5.41) is 15.3. The number of halogens is 1. The van der Waals surface area contributed by atoms with E-state index in [0.717, 1.165) is 11.1 Å². The Morgan fingerprint density at radius 1 is 1.45 bits per heavy atom. The van der Waals surface area contributed by atoms with Crippen LogP contribution in [0, 0.1) is 10.1 Å². The molecule has 0 fully saturated rings. The summed E-state index contributed by atoms with van der Waals surface area (Å²) in [5.74, 6) is 0.257. The number of hydrogen-bond acceptors (Lipinski definition) is 4. The van der Waals surface area contributed by atoms with Crippen LogP contribution in [0.3, 0.4) is 0 Å². The van der Waals surface area contributed by atoms with Crippen molar-refractivity contribution in [1.29, 1.82) is 0 Å². The molecule has 1 aromatic carbocycles. The van der Waals surface area contributed by atoms with Gasteiger partial charge in [0.25, 0.3) is 5.69 Å². The zero-order valence-corrected chi connectivity index (χ0v) is 12.0. The summed E-state index contributed by atoms with van der Waals surface area (Å²) in [5.41, 5.74) is 2.35. The van der Waals surface area contributed by atoms with Crippen molar-refractivity contribution in [2.24, 2.45) is 7.05 Å². The largest absolute Gasteiger partial charge is 0.365 e. The summed E-state index contributed by atoms with van der Waals surface area (Å²) in [6, 6.07) is 5.05. The second-order valence-corrected chi connectivity index (χ2v) is 4.86. The monoisotopic (exact) mass is 294 g/mol. The molecule has 0 aliphatic rings. The van der Waals surface area contributed by atoms with E-state index in [9.17, 15) is 10.1 Å². The molecule has 20 heavy (non-hydrogen) atoms. The molecule has 0 spiro atoms. The summed E-state index contributed by atoms with van der Waals surface area (Å²) in [7, 11) is 3.65. The van der Waals surface area contributed by atoms with Gasteiger partial charge in [0.05, 0.1) is 11.1 Å². The van der Waals surface area contributed by atoms with Gasteiger partial charge in [-0.05, 0) is 11.6 Å². The van der Waals surface area contributed by atoms with Crippen molar-refractivity contribution < 1.29 is 4.92 Å². The number of alkyl halides is 1. The van der Waals surface area contributed by atoms with Crippen LogP contribution in [-0.2, 0) is 19.5 Å². The molecule has 0 bridgehead atoms. The van der Waals surface area contributed by atoms with Gasteiger partial charge in [-0.25, -0.2) is 0 Å². The maximum atomic E-state index is 11.2. The lowest BCUT2D eigenvalue weighted by Crippen LogP contribution is -2.17. The first kappa shape index (κ1) is 14.3. The molecular weight excluding hydrogens is 280 g/mol. The van der Waals surface area contributed by atoms with Crippen LogP contribution in [0.4, 0.5) is 11.4 Å². The molecule has 0 unspecified atom stereocenters. The predicted octanol–water partition coefficient (Wildman–Crippen LogP) is 2.70. The molecule has 0 aliphatic carbocycles. The molecule has 6 nitrogen and oxygen atoms in total. The third-order valence-corrected chi connectivity index (χ3v) is 3.29. The van der Waals surface area contributed by atoms with E-state index in [-0.39, 0.29) is 16.5 Å². The van der Waals surface area contributed by atoms with Crippen LogP contribution >= 0.6 is 11.6 Å². The van der Waals surface area contributed by atoms with Crippen LogP contribution in [0.5, 0.6) is 0 Å². The quantitative estimate of drug-likeness (QED) is 0.483. The Kier molecular flexibility index (Phi) is 4.24. The van der Waals surface area contributed by atoms with Gasteiger partial charge in [0, 0.05) is 44.3 Å². The maximum absolute atomic E-state index is 11.2. The number of aryl methyl sites for hydroxylation is 1. The lowest BCUT2D eigenvalue weighted by Gasteiger charge is -2.18. The van der Waals surface area contributed by atoms with Gasteiger partial charge in [-0.1, -0.05) is 6.07 Å². The van der Waals surface area contributed by atoms with Crippen molar-refractivity contribution in [3.05, 3.63) is 51.8 Å². The van der Waals surface area contributed by atoms with Crippen LogP contribution in [-0.4, -0.2) is 21.8 Å². The zero-order chi connectivity index (χ0) is 14.7. The van der Waals surface area contributed by atoms with E-state index in [2.05, 4.69) is 5.10 Å². The predicted molar refractivity (Wildman–Crippen MR) is 78.0 cm³/mol. The number of aromatic nitrogens is 2. The molecule has 1 heterocycles. The Balaban J connectivity index is 2.28. The molecule has 2 aromatic rings. The minimum atomic E-state index is -0.384. The molecule has 0 saturated carbocycles. The molecular formula is C13H15ClN4O2. The number of rotatable bonds is 5. The van der Waals surface area contributed by atoms with E-state index in [1.807, 2.05) is 25.2 Å². The third kappa shape index (κ3) is 3.08. The van der Waals surface area contributed by atoms with E-state index >= 15 is 0 Å². The molecule has 0 N–H and O–H groups in total. The standard InChI is InChI=1S/C13H15ClN4O2/c1-16(8-11-7-15-17(2)9-11)12-4-3-10(6-14)5-13(12)18(19)20/h3-5,7,9H,6,8H2,1-2H3.